The van der Waals surface area contributed by atoms with Crippen molar-refractivity contribution in [2.24, 2.45) is 5.73 Å². The average molecular weight is 551 g/mol. The SMILES string of the molecule is CCCCCCCCCCOC(=O)CCP(Br)(CCC(N)=O)(c1ccccc1)c1ccccc1. The van der Waals surface area contributed by atoms with Crippen LogP contribution in [-0.2, 0) is 14.3 Å². The molecule has 2 aromatic carbocycles. The van der Waals surface area contributed by atoms with Crippen molar-refractivity contribution in [1.82, 2.24) is 0 Å². The molecule has 0 bridgehead atoms. The van der Waals surface area contributed by atoms with Gasteiger partial charge in [-0.25, -0.2) is 0 Å². The van der Waals surface area contributed by atoms with Gasteiger partial charge in [0, 0.05) is 0 Å². The Morgan fingerprint density at radius 2 is 1.24 bits per heavy atom. The predicted molar refractivity (Wildman–Crippen MR) is 150 cm³/mol. The maximum absolute atomic E-state index is 12.7. The summed E-state index contributed by atoms with van der Waals surface area (Å²) >= 11 is 4.21. The fourth-order valence-electron chi connectivity index (χ4n) is 4.48. The van der Waals surface area contributed by atoms with E-state index in [0.717, 1.165) is 23.5 Å². The van der Waals surface area contributed by atoms with Gasteiger partial charge in [0.05, 0.1) is 0 Å². The van der Waals surface area contributed by atoms with Crippen LogP contribution in [0.5, 0.6) is 0 Å². The van der Waals surface area contributed by atoms with Crippen molar-refractivity contribution in [3.63, 3.8) is 0 Å². The molecule has 0 fully saturated rings. The van der Waals surface area contributed by atoms with Gasteiger partial charge in [0.2, 0.25) is 0 Å². The number of carbonyl (C=O) groups is 2. The molecule has 0 atom stereocenters. The van der Waals surface area contributed by atoms with Crippen molar-refractivity contribution in [3.05, 3.63) is 60.7 Å². The maximum atomic E-state index is 12.7. The first kappa shape index (κ1) is 28.5. The van der Waals surface area contributed by atoms with Gasteiger partial charge in [-0.2, -0.15) is 0 Å². The average Bonchev–Trinajstić information content (AvgIpc) is 2.86. The molecule has 0 radical (unpaired) electrons. The third-order valence-corrected chi connectivity index (χ3v) is 16.4. The van der Waals surface area contributed by atoms with Crippen LogP contribution in [0.1, 0.15) is 71.1 Å². The zero-order valence-corrected chi connectivity index (χ0v) is 23.1. The third-order valence-electron chi connectivity index (χ3n) is 6.56. The Balaban J connectivity index is 2.04. The molecule has 0 aliphatic carbocycles. The molecule has 4 nitrogen and oxygen atoms in total. The van der Waals surface area contributed by atoms with Crippen LogP contribution in [0.2, 0.25) is 0 Å². The van der Waals surface area contributed by atoms with E-state index in [-0.39, 0.29) is 18.3 Å². The number of halogens is 1. The van der Waals surface area contributed by atoms with Crippen LogP contribution in [0.15, 0.2) is 60.7 Å². The molecule has 0 unspecified atom stereocenters. The Hall–Kier alpha value is -1.71. The van der Waals surface area contributed by atoms with Crippen LogP contribution in [-0.4, -0.2) is 30.8 Å². The van der Waals surface area contributed by atoms with Gasteiger partial charge in [-0.15, -0.1) is 0 Å². The second-order valence-corrected chi connectivity index (χ2v) is 19.0. The second kappa shape index (κ2) is 14.6. The second-order valence-electron chi connectivity index (χ2n) is 9.16. The van der Waals surface area contributed by atoms with Gasteiger partial charge in [-0.3, -0.25) is 0 Å². The number of unbranched alkanes of at least 4 members (excludes halogenated alkanes) is 7. The summed E-state index contributed by atoms with van der Waals surface area (Å²) in [6.45, 7) is 2.71. The molecular weight excluding hydrogens is 509 g/mol. The van der Waals surface area contributed by atoms with E-state index in [4.69, 9.17) is 10.5 Å². The summed E-state index contributed by atoms with van der Waals surface area (Å²) in [6, 6.07) is 20.3. The van der Waals surface area contributed by atoms with E-state index in [2.05, 4.69) is 46.7 Å². The van der Waals surface area contributed by atoms with Crippen LogP contribution in [0.4, 0.5) is 0 Å². The Kier molecular flexibility index (Phi) is 12.3. The molecule has 0 aliphatic rings. The van der Waals surface area contributed by atoms with E-state index in [1.54, 1.807) is 0 Å². The summed E-state index contributed by atoms with van der Waals surface area (Å²) in [5.41, 5.74) is 5.58. The number of benzene rings is 2. The quantitative estimate of drug-likeness (QED) is 0.140. The van der Waals surface area contributed by atoms with E-state index < -0.39 is 5.31 Å². The van der Waals surface area contributed by atoms with E-state index >= 15 is 0 Å². The number of primary amides is 1. The van der Waals surface area contributed by atoms with Crippen molar-refractivity contribution in [2.75, 3.05) is 18.9 Å². The van der Waals surface area contributed by atoms with Gasteiger partial charge in [-0.1, -0.05) is 13.3 Å². The Labute approximate surface area is 213 Å². The number of amides is 1. The molecule has 2 rings (SSSR count). The molecule has 0 aliphatic heterocycles. The Morgan fingerprint density at radius 3 is 1.74 bits per heavy atom. The first-order valence-electron chi connectivity index (χ1n) is 12.7. The molecule has 0 saturated heterocycles. The zero-order valence-electron chi connectivity index (χ0n) is 20.6. The fourth-order valence-corrected chi connectivity index (χ4v) is 11.6. The first-order chi connectivity index (χ1) is 16.4. The van der Waals surface area contributed by atoms with Gasteiger partial charge in [0.15, 0.2) is 0 Å². The number of hydrogen-bond acceptors (Lipinski definition) is 3. The number of rotatable bonds is 17. The van der Waals surface area contributed by atoms with Gasteiger partial charge >= 0.3 is 201 Å². The van der Waals surface area contributed by atoms with E-state index in [9.17, 15) is 9.59 Å². The monoisotopic (exact) mass is 549 g/mol. The number of carbonyl (C=O) groups excluding carboxylic acids is 2. The summed E-state index contributed by atoms with van der Waals surface area (Å²) in [5, 5.41) is -0.803. The van der Waals surface area contributed by atoms with Gasteiger partial charge in [0.1, 0.15) is 0 Å². The van der Waals surface area contributed by atoms with Crippen molar-refractivity contribution in [1.29, 1.82) is 0 Å². The standard InChI is InChI=1S/C28H41BrNO3P/c1-2-3-4-5-6-7-8-15-22-33-28(32)21-24-34(29,23-20-27(30)31,25-16-11-9-12-17-25)26-18-13-10-14-19-26/h9-14,16-19H,2-8,15,20-24H2,1H3,(H2,30,31). The number of hydrogen-bond donors (Lipinski definition) is 1. The van der Waals surface area contributed by atoms with E-state index in [1.165, 1.54) is 38.5 Å². The number of nitrogens with two attached hydrogens (primary N) is 1. The van der Waals surface area contributed by atoms with Gasteiger partial charge < -0.3 is 0 Å². The number of ether oxygens (including phenoxy) is 1. The molecule has 0 spiro atoms. The molecule has 0 saturated carbocycles. The van der Waals surface area contributed by atoms with E-state index in [1.807, 2.05) is 36.4 Å². The van der Waals surface area contributed by atoms with Gasteiger partial charge in [-0.05, 0) is 0 Å². The normalized spacial score (nSPS) is 12.6. The minimum atomic E-state index is -3.05. The van der Waals surface area contributed by atoms with E-state index in [0.29, 0.717) is 25.4 Å². The molecule has 1 amide bonds. The van der Waals surface area contributed by atoms with Crippen molar-refractivity contribution < 1.29 is 14.3 Å². The first-order valence-corrected chi connectivity index (χ1v) is 17.3. The zero-order chi connectivity index (χ0) is 24.7. The molecule has 0 aromatic heterocycles. The summed E-state index contributed by atoms with van der Waals surface area (Å²) in [4.78, 5) is 24.5. The molecule has 2 aromatic rings. The van der Waals surface area contributed by atoms with Crippen LogP contribution in [0.25, 0.3) is 0 Å². The summed E-state index contributed by atoms with van der Waals surface area (Å²) in [6.07, 6.45) is 11.4. The molecule has 6 heteroatoms. The molecular formula is C28H41BrNO3P. The summed E-state index contributed by atoms with van der Waals surface area (Å²) < 4.78 is 5.59. The predicted octanol–water partition coefficient (Wildman–Crippen LogP) is 6.45. The van der Waals surface area contributed by atoms with Crippen molar-refractivity contribution in [2.45, 2.75) is 71.1 Å². The summed E-state index contributed by atoms with van der Waals surface area (Å²) in [7, 11) is 0. The Bertz CT molecular complexity index is 836. The topological polar surface area (TPSA) is 69.4 Å². The molecule has 34 heavy (non-hydrogen) atoms. The van der Waals surface area contributed by atoms with Crippen LogP contribution in [0, 0.1) is 0 Å². The molecule has 188 valence electrons. The van der Waals surface area contributed by atoms with Crippen molar-refractivity contribution in [3.8, 4) is 0 Å². The van der Waals surface area contributed by atoms with Crippen LogP contribution >= 0.6 is 20.8 Å². The van der Waals surface area contributed by atoms with Crippen LogP contribution in [0.3, 0.4) is 0 Å². The third kappa shape index (κ3) is 8.50. The van der Waals surface area contributed by atoms with Crippen LogP contribution < -0.4 is 16.3 Å². The molecule has 2 N–H and O–H groups in total. The fraction of sp³-hybridized carbons (Fsp3) is 0.500. The Morgan fingerprint density at radius 1 is 0.765 bits per heavy atom. The molecule has 0 heterocycles. The van der Waals surface area contributed by atoms with Crippen molar-refractivity contribution >= 4 is 43.3 Å². The number of esters is 1. The van der Waals surface area contributed by atoms with Gasteiger partial charge in [0.25, 0.3) is 0 Å². The summed E-state index contributed by atoms with van der Waals surface area (Å²) in [5.74, 6) is -0.514. The minimum absolute atomic E-state index is 0.178.